The fraction of sp³-hybridized carbons (Fsp3) is 0.344. The fourth-order valence-electron chi connectivity index (χ4n) is 5.24. The molecule has 1 amide bonds. The van der Waals surface area contributed by atoms with E-state index < -0.39 is 16.1 Å². The number of amides is 1. The summed E-state index contributed by atoms with van der Waals surface area (Å²) in [5, 5.41) is 3.75. The first-order valence-corrected chi connectivity index (χ1v) is 15.3. The van der Waals surface area contributed by atoms with Crippen molar-refractivity contribution in [3.63, 3.8) is 0 Å². The van der Waals surface area contributed by atoms with Gasteiger partial charge >= 0.3 is 6.09 Å². The van der Waals surface area contributed by atoms with Gasteiger partial charge in [-0.15, -0.1) is 0 Å². The number of carbonyl (C=O) groups is 1. The Bertz CT molecular complexity index is 1600. The number of sulfonamides is 1. The highest BCUT2D eigenvalue weighted by atomic mass is 32.2. The number of hydrogen-bond acceptors (Lipinski definition) is 4. The third-order valence-electron chi connectivity index (χ3n) is 7.64. The smallest absolute Gasteiger partial charge is 0.393 e. The second-order valence-corrected chi connectivity index (χ2v) is 13.5. The van der Waals surface area contributed by atoms with Gasteiger partial charge in [0.15, 0.2) is 0 Å². The molecule has 3 aromatic carbocycles. The van der Waals surface area contributed by atoms with E-state index in [1.54, 1.807) is 30.3 Å². The molecule has 1 fully saturated rings. The minimum atomic E-state index is -3.81. The lowest BCUT2D eigenvalue weighted by atomic mass is 9.87. The molecule has 1 heterocycles. The van der Waals surface area contributed by atoms with E-state index in [2.05, 4.69) is 42.7 Å². The van der Waals surface area contributed by atoms with E-state index in [9.17, 15) is 13.2 Å². The van der Waals surface area contributed by atoms with E-state index in [0.717, 1.165) is 47.7 Å². The van der Waals surface area contributed by atoms with Gasteiger partial charge in [-0.1, -0.05) is 70.2 Å². The van der Waals surface area contributed by atoms with Crippen molar-refractivity contribution < 1.29 is 17.9 Å². The molecule has 210 valence electrons. The number of nitrogens with one attached hydrogen (secondary N) is 3. The van der Waals surface area contributed by atoms with E-state index >= 15 is 0 Å². The standard InChI is InChI=1S/C32H37N3O4S/c1-21-10-14-24(15-11-21)33-31(36)39-30-29(22-8-6-5-7-9-22)27-20-25(16-19-28(27)34-30)35-40(37,38)26-17-12-23(13-18-26)32(2,3)4/h5-9,12-13,16-21,24,34-35H,10-11,14-15H2,1-4H3,(H,33,36). The van der Waals surface area contributed by atoms with E-state index in [0.29, 0.717) is 23.0 Å². The molecule has 0 bridgehead atoms. The summed E-state index contributed by atoms with van der Waals surface area (Å²) in [6, 6.07) is 21.9. The highest BCUT2D eigenvalue weighted by Crippen LogP contribution is 2.39. The molecule has 5 rings (SSSR count). The number of hydrogen-bond donors (Lipinski definition) is 3. The molecule has 0 radical (unpaired) electrons. The number of carbonyl (C=O) groups excluding carboxylic acids is 1. The molecule has 0 saturated heterocycles. The van der Waals surface area contributed by atoms with Gasteiger partial charge in [0.2, 0.25) is 5.88 Å². The highest BCUT2D eigenvalue weighted by Gasteiger charge is 2.24. The molecule has 1 aliphatic carbocycles. The van der Waals surface area contributed by atoms with Crippen molar-refractivity contribution in [3.8, 4) is 17.0 Å². The summed E-state index contributed by atoms with van der Waals surface area (Å²) in [7, 11) is -3.81. The van der Waals surface area contributed by atoms with Crippen LogP contribution in [0.3, 0.4) is 0 Å². The lowest BCUT2D eigenvalue weighted by molar-refractivity contribution is 0.188. The van der Waals surface area contributed by atoms with Gasteiger partial charge < -0.3 is 15.0 Å². The predicted octanol–water partition coefficient (Wildman–Crippen LogP) is 7.60. The minimum Gasteiger partial charge on any atom is -0.393 e. The zero-order chi connectivity index (χ0) is 28.5. The summed E-state index contributed by atoms with van der Waals surface area (Å²) in [6.45, 7) is 8.50. The number of fused-ring (bicyclic) bond motifs is 1. The summed E-state index contributed by atoms with van der Waals surface area (Å²) < 4.78 is 35.0. The SMILES string of the molecule is CC1CCC(NC(=O)Oc2[nH]c3ccc(NS(=O)(=O)c4ccc(C(C)(C)C)cc4)cc3c2-c2ccccc2)CC1. The van der Waals surface area contributed by atoms with Crippen LogP contribution in [-0.4, -0.2) is 25.5 Å². The highest BCUT2D eigenvalue weighted by molar-refractivity contribution is 7.92. The van der Waals surface area contributed by atoms with Crippen molar-refractivity contribution >= 4 is 32.7 Å². The molecule has 7 nitrogen and oxygen atoms in total. The van der Waals surface area contributed by atoms with Gasteiger partial charge in [0.25, 0.3) is 10.0 Å². The average molecular weight is 560 g/mol. The predicted molar refractivity (Wildman–Crippen MR) is 160 cm³/mol. The summed E-state index contributed by atoms with van der Waals surface area (Å²) in [6.07, 6.45) is 3.56. The van der Waals surface area contributed by atoms with Crippen LogP contribution in [0.15, 0.2) is 77.7 Å². The quantitative estimate of drug-likeness (QED) is 0.226. The third-order valence-corrected chi connectivity index (χ3v) is 9.04. The Morgan fingerprint density at radius 1 is 0.925 bits per heavy atom. The normalized spacial score (nSPS) is 17.9. The van der Waals surface area contributed by atoms with Gasteiger partial charge in [-0.2, -0.15) is 0 Å². The van der Waals surface area contributed by atoms with Gasteiger partial charge in [-0.25, -0.2) is 13.2 Å². The third kappa shape index (κ3) is 6.17. The van der Waals surface area contributed by atoms with Crippen LogP contribution in [0.2, 0.25) is 0 Å². The maximum absolute atomic E-state index is 13.2. The number of aromatic nitrogens is 1. The van der Waals surface area contributed by atoms with Crippen molar-refractivity contribution in [2.45, 2.75) is 69.7 Å². The number of aromatic amines is 1. The molecule has 3 N–H and O–H groups in total. The van der Waals surface area contributed by atoms with Gasteiger partial charge in [0, 0.05) is 22.6 Å². The maximum Gasteiger partial charge on any atom is 0.414 e. The van der Waals surface area contributed by atoms with Crippen LogP contribution >= 0.6 is 0 Å². The second-order valence-electron chi connectivity index (χ2n) is 11.8. The maximum atomic E-state index is 13.2. The summed E-state index contributed by atoms with van der Waals surface area (Å²) in [5.41, 5.74) is 3.66. The Morgan fingerprint density at radius 2 is 1.60 bits per heavy atom. The molecule has 1 aromatic heterocycles. The van der Waals surface area contributed by atoms with E-state index in [1.807, 2.05) is 42.5 Å². The van der Waals surface area contributed by atoms with Crippen molar-refractivity contribution in [2.75, 3.05) is 4.72 Å². The molecular formula is C32H37N3O4S. The molecule has 40 heavy (non-hydrogen) atoms. The largest absolute Gasteiger partial charge is 0.414 e. The first-order valence-electron chi connectivity index (χ1n) is 13.8. The van der Waals surface area contributed by atoms with Crippen molar-refractivity contribution in [1.82, 2.24) is 10.3 Å². The van der Waals surface area contributed by atoms with E-state index in [4.69, 9.17) is 4.74 Å². The van der Waals surface area contributed by atoms with E-state index in [1.165, 1.54) is 0 Å². The number of rotatable bonds is 6. The molecule has 0 unspecified atom stereocenters. The van der Waals surface area contributed by atoms with Crippen LogP contribution in [-0.2, 0) is 15.4 Å². The molecule has 1 aliphatic rings. The van der Waals surface area contributed by atoms with Crippen LogP contribution in [0.5, 0.6) is 5.88 Å². The molecule has 0 atom stereocenters. The average Bonchev–Trinajstić information content (AvgIpc) is 3.26. The number of H-pyrrole nitrogens is 1. The van der Waals surface area contributed by atoms with Gasteiger partial charge in [-0.05, 0) is 78.5 Å². The fourth-order valence-corrected chi connectivity index (χ4v) is 6.29. The Balaban J connectivity index is 1.44. The zero-order valence-electron chi connectivity index (χ0n) is 23.5. The second kappa shape index (κ2) is 11.0. The Morgan fingerprint density at radius 3 is 2.25 bits per heavy atom. The van der Waals surface area contributed by atoms with Crippen LogP contribution in [0.4, 0.5) is 10.5 Å². The van der Waals surface area contributed by atoms with Gasteiger partial charge in [-0.3, -0.25) is 4.72 Å². The topological polar surface area (TPSA) is 100 Å². The monoisotopic (exact) mass is 559 g/mol. The van der Waals surface area contributed by atoms with Crippen LogP contribution in [0, 0.1) is 5.92 Å². The Hall–Kier alpha value is -3.78. The summed E-state index contributed by atoms with van der Waals surface area (Å²) in [5.74, 6) is 1.00. The first kappa shape index (κ1) is 27.8. The lowest BCUT2D eigenvalue weighted by Crippen LogP contribution is -2.39. The van der Waals surface area contributed by atoms with Crippen molar-refractivity contribution in [2.24, 2.45) is 5.92 Å². The summed E-state index contributed by atoms with van der Waals surface area (Å²) >= 11 is 0. The molecule has 4 aromatic rings. The molecular weight excluding hydrogens is 522 g/mol. The van der Waals surface area contributed by atoms with Crippen LogP contribution in [0.25, 0.3) is 22.0 Å². The molecule has 8 heteroatoms. The molecule has 0 spiro atoms. The summed E-state index contributed by atoms with van der Waals surface area (Å²) in [4.78, 5) is 16.3. The number of benzene rings is 3. The van der Waals surface area contributed by atoms with Crippen molar-refractivity contribution in [1.29, 1.82) is 0 Å². The van der Waals surface area contributed by atoms with Gasteiger partial charge in [0.05, 0.1) is 10.5 Å². The lowest BCUT2D eigenvalue weighted by Gasteiger charge is -2.26. The first-order chi connectivity index (χ1) is 19.0. The van der Waals surface area contributed by atoms with Gasteiger partial charge in [0.1, 0.15) is 0 Å². The van der Waals surface area contributed by atoms with Crippen molar-refractivity contribution in [3.05, 3.63) is 78.4 Å². The number of ether oxygens (including phenoxy) is 1. The number of anilines is 1. The minimum absolute atomic E-state index is 0.0749. The zero-order valence-corrected chi connectivity index (χ0v) is 24.3. The van der Waals surface area contributed by atoms with Crippen LogP contribution < -0.4 is 14.8 Å². The van der Waals surface area contributed by atoms with E-state index in [-0.39, 0.29) is 16.4 Å². The Kier molecular flexibility index (Phi) is 7.64. The Labute approximate surface area is 236 Å². The van der Waals surface area contributed by atoms with Crippen LogP contribution in [0.1, 0.15) is 58.9 Å². The molecule has 1 saturated carbocycles. The molecule has 0 aliphatic heterocycles.